The highest BCUT2D eigenvalue weighted by Gasteiger charge is 2.28. The lowest BCUT2D eigenvalue weighted by Gasteiger charge is -2.22. The van der Waals surface area contributed by atoms with Gasteiger partial charge in [0.05, 0.1) is 4.90 Å². The molecule has 4 rings (SSSR count). The molecule has 1 heterocycles. The minimum atomic E-state index is -3.88. The largest absolute Gasteiger partial charge is 0.340 e. The quantitative estimate of drug-likeness (QED) is 0.536. The lowest BCUT2D eigenvalue weighted by molar-refractivity contribution is 0.244. The lowest BCUT2D eigenvalue weighted by Crippen LogP contribution is -2.39. The molecule has 0 spiro atoms. The van der Waals surface area contributed by atoms with Gasteiger partial charge in [0.15, 0.2) is 0 Å². The first-order chi connectivity index (χ1) is 13.9. The number of sulfone groups is 1. The van der Waals surface area contributed by atoms with E-state index in [9.17, 15) is 13.2 Å². The van der Waals surface area contributed by atoms with Crippen molar-refractivity contribution in [2.24, 2.45) is 0 Å². The second kappa shape index (κ2) is 8.08. The Morgan fingerprint density at radius 1 is 1.03 bits per heavy atom. The summed E-state index contributed by atoms with van der Waals surface area (Å²) in [6.07, 6.45) is 5.23. The third-order valence-electron chi connectivity index (χ3n) is 5.21. The van der Waals surface area contributed by atoms with Gasteiger partial charge in [-0.15, -0.1) is 0 Å². The molecule has 1 aliphatic rings. The molecule has 152 valence electrons. The van der Waals surface area contributed by atoms with Gasteiger partial charge in [-0.05, 0) is 43.2 Å². The van der Waals surface area contributed by atoms with E-state index < -0.39 is 15.9 Å². The maximum atomic E-state index is 13.4. The van der Waals surface area contributed by atoms with Gasteiger partial charge in [0, 0.05) is 22.0 Å². The Labute approximate surface area is 174 Å². The average Bonchev–Trinajstić information content (AvgIpc) is 3.06. The van der Waals surface area contributed by atoms with Crippen LogP contribution in [0.3, 0.4) is 0 Å². The van der Waals surface area contributed by atoms with Crippen LogP contribution in [0.2, 0.25) is 5.02 Å². The van der Waals surface area contributed by atoms with Crippen molar-refractivity contribution in [1.82, 2.24) is 10.3 Å². The number of aromatic amines is 1. The maximum Gasteiger partial charge on any atom is 0.320 e. The Bertz CT molecular complexity index is 1140. The Morgan fingerprint density at radius 2 is 1.76 bits per heavy atom. The average molecular weight is 432 g/mol. The smallest absolute Gasteiger partial charge is 0.320 e. The number of fused-ring (bicyclic) bond motifs is 1. The molecule has 3 N–H and O–H groups in total. The first kappa shape index (κ1) is 19.8. The Kier molecular flexibility index (Phi) is 5.52. The minimum Gasteiger partial charge on any atom is -0.340 e. The normalized spacial score (nSPS) is 15.3. The van der Waals surface area contributed by atoms with Crippen molar-refractivity contribution in [1.29, 1.82) is 0 Å². The third-order valence-corrected chi connectivity index (χ3v) is 7.30. The Balaban J connectivity index is 1.74. The van der Waals surface area contributed by atoms with Crippen molar-refractivity contribution in [3.05, 3.63) is 53.6 Å². The molecule has 2 amide bonds. The van der Waals surface area contributed by atoms with Crippen molar-refractivity contribution in [2.75, 3.05) is 5.32 Å². The number of hydrogen-bond acceptors (Lipinski definition) is 3. The summed E-state index contributed by atoms with van der Waals surface area (Å²) >= 11 is 6.12. The first-order valence-corrected chi connectivity index (χ1v) is 11.5. The minimum absolute atomic E-state index is 0.0139. The molecule has 0 unspecified atom stereocenters. The van der Waals surface area contributed by atoms with E-state index in [-0.39, 0.29) is 21.7 Å². The molecule has 6 nitrogen and oxygen atoms in total. The molecule has 0 bridgehead atoms. The van der Waals surface area contributed by atoms with Gasteiger partial charge in [-0.25, -0.2) is 13.2 Å². The highest BCUT2D eigenvalue weighted by atomic mass is 35.5. The van der Waals surface area contributed by atoms with Crippen LogP contribution in [-0.2, 0) is 9.84 Å². The number of halogens is 1. The second-order valence-electron chi connectivity index (χ2n) is 7.27. The number of nitrogens with one attached hydrogen (secondary N) is 3. The number of benzene rings is 2. The van der Waals surface area contributed by atoms with Crippen molar-refractivity contribution in [2.45, 2.75) is 47.9 Å². The number of carbonyl (C=O) groups is 1. The summed E-state index contributed by atoms with van der Waals surface area (Å²) < 4.78 is 26.8. The zero-order valence-corrected chi connectivity index (χ0v) is 17.3. The SMILES string of the molecule is O=C(Nc1[nH]c2ccc(Cl)cc2c1S(=O)(=O)c1ccccc1)NC1CCCCC1. The van der Waals surface area contributed by atoms with Crippen LogP contribution in [0, 0.1) is 0 Å². The third kappa shape index (κ3) is 4.11. The summed E-state index contributed by atoms with van der Waals surface area (Å²) in [5.74, 6) is 0.138. The summed E-state index contributed by atoms with van der Waals surface area (Å²) in [5, 5.41) is 6.52. The molecular formula is C21H22ClN3O3S. The molecular weight excluding hydrogens is 410 g/mol. The van der Waals surface area contributed by atoms with Crippen molar-refractivity contribution >= 4 is 44.2 Å². The van der Waals surface area contributed by atoms with E-state index in [1.54, 1.807) is 36.4 Å². The highest BCUT2D eigenvalue weighted by molar-refractivity contribution is 7.92. The summed E-state index contributed by atoms with van der Waals surface area (Å²) in [6.45, 7) is 0. The fourth-order valence-corrected chi connectivity index (χ4v) is 5.56. The van der Waals surface area contributed by atoms with Crippen LogP contribution in [0.15, 0.2) is 58.3 Å². The Morgan fingerprint density at radius 3 is 2.48 bits per heavy atom. The van der Waals surface area contributed by atoms with Crippen LogP contribution in [0.4, 0.5) is 10.6 Å². The number of carbonyl (C=O) groups excluding carboxylic acids is 1. The standard InChI is InChI=1S/C21H22ClN3O3S/c22-14-11-12-18-17(13-14)19(29(27,28)16-9-5-2-6-10-16)20(24-18)25-21(26)23-15-7-3-1-4-8-15/h2,5-6,9-13,15,24H,1,3-4,7-8H2,(H2,23,25,26). The van der Waals surface area contributed by atoms with Crippen molar-refractivity contribution in [3.8, 4) is 0 Å². The summed E-state index contributed by atoms with van der Waals surface area (Å²) in [7, 11) is -3.88. The number of urea groups is 1. The second-order valence-corrected chi connectivity index (χ2v) is 9.59. The van der Waals surface area contributed by atoms with Crippen LogP contribution in [0.25, 0.3) is 10.9 Å². The van der Waals surface area contributed by atoms with Crippen LogP contribution >= 0.6 is 11.6 Å². The molecule has 1 aliphatic carbocycles. The highest BCUT2D eigenvalue weighted by Crippen LogP contribution is 2.36. The number of hydrogen-bond donors (Lipinski definition) is 3. The van der Waals surface area contributed by atoms with E-state index in [1.165, 1.54) is 18.6 Å². The zero-order valence-electron chi connectivity index (χ0n) is 15.7. The van der Waals surface area contributed by atoms with Crippen LogP contribution in [-0.4, -0.2) is 25.5 Å². The van der Waals surface area contributed by atoms with E-state index >= 15 is 0 Å². The molecule has 0 saturated heterocycles. The van der Waals surface area contributed by atoms with Gasteiger partial charge >= 0.3 is 6.03 Å². The molecule has 0 aliphatic heterocycles. The topological polar surface area (TPSA) is 91.1 Å². The van der Waals surface area contributed by atoms with Gasteiger partial charge in [0.1, 0.15) is 10.7 Å². The van der Waals surface area contributed by atoms with Gasteiger partial charge in [0.2, 0.25) is 9.84 Å². The monoisotopic (exact) mass is 431 g/mol. The van der Waals surface area contributed by atoms with Crippen LogP contribution in [0.5, 0.6) is 0 Å². The first-order valence-electron chi connectivity index (χ1n) is 9.64. The molecule has 1 fully saturated rings. The van der Waals surface area contributed by atoms with E-state index in [4.69, 9.17) is 11.6 Å². The predicted octanol–water partition coefficient (Wildman–Crippen LogP) is 5.11. The number of anilines is 1. The molecule has 29 heavy (non-hydrogen) atoms. The molecule has 0 radical (unpaired) electrons. The van der Waals surface area contributed by atoms with Gasteiger partial charge in [-0.1, -0.05) is 49.1 Å². The summed E-state index contributed by atoms with van der Waals surface area (Å²) in [4.78, 5) is 15.8. The van der Waals surface area contributed by atoms with Gasteiger partial charge in [0.25, 0.3) is 0 Å². The molecule has 3 aromatic rings. The summed E-state index contributed by atoms with van der Waals surface area (Å²) in [5.41, 5.74) is 0.580. The number of aromatic nitrogens is 1. The molecule has 1 saturated carbocycles. The maximum absolute atomic E-state index is 13.4. The number of H-pyrrole nitrogens is 1. The molecule has 0 atom stereocenters. The predicted molar refractivity (Wildman–Crippen MR) is 114 cm³/mol. The molecule has 8 heteroatoms. The van der Waals surface area contributed by atoms with Crippen molar-refractivity contribution < 1.29 is 13.2 Å². The number of amides is 2. The Hall–Kier alpha value is -2.51. The van der Waals surface area contributed by atoms with Gasteiger partial charge in [-0.3, -0.25) is 5.32 Å². The zero-order chi connectivity index (χ0) is 20.4. The molecule has 2 aromatic carbocycles. The van der Waals surface area contributed by atoms with E-state index in [1.807, 2.05) is 0 Å². The van der Waals surface area contributed by atoms with E-state index in [2.05, 4.69) is 15.6 Å². The van der Waals surface area contributed by atoms with Gasteiger partial charge in [-0.2, -0.15) is 0 Å². The van der Waals surface area contributed by atoms with Crippen LogP contribution in [0.1, 0.15) is 32.1 Å². The fraction of sp³-hybridized carbons (Fsp3) is 0.286. The molecule has 1 aromatic heterocycles. The van der Waals surface area contributed by atoms with Gasteiger partial charge < -0.3 is 10.3 Å². The van der Waals surface area contributed by atoms with Crippen LogP contribution < -0.4 is 10.6 Å². The van der Waals surface area contributed by atoms with E-state index in [0.29, 0.717) is 15.9 Å². The summed E-state index contributed by atoms with van der Waals surface area (Å²) in [6, 6.07) is 12.8. The van der Waals surface area contributed by atoms with E-state index in [0.717, 1.165) is 25.7 Å². The number of rotatable bonds is 4. The fourth-order valence-electron chi connectivity index (χ4n) is 3.81. The lowest BCUT2D eigenvalue weighted by atomic mass is 9.96. The van der Waals surface area contributed by atoms with Crippen molar-refractivity contribution in [3.63, 3.8) is 0 Å².